The number of hydrogen-bond acceptors (Lipinski definition) is 4. The van der Waals surface area contributed by atoms with Gasteiger partial charge in [-0.25, -0.2) is 0 Å². The fourth-order valence-corrected chi connectivity index (χ4v) is 3.67. The Kier molecular flexibility index (Phi) is 5.58. The fourth-order valence-electron chi connectivity index (χ4n) is 3.67. The predicted molar refractivity (Wildman–Crippen MR) is 96.8 cm³/mol. The second-order valence-corrected chi connectivity index (χ2v) is 6.70. The largest absolute Gasteiger partial charge is 0.479 e. The van der Waals surface area contributed by atoms with Gasteiger partial charge in [0.1, 0.15) is 5.75 Å². The molecule has 0 saturated carbocycles. The molecule has 1 aromatic rings. The Labute approximate surface area is 149 Å². The summed E-state index contributed by atoms with van der Waals surface area (Å²) in [7, 11) is 0. The third kappa shape index (κ3) is 3.95. The molecule has 6 nitrogen and oxygen atoms in total. The molecule has 25 heavy (non-hydrogen) atoms. The maximum atomic E-state index is 12.4. The van der Waals surface area contributed by atoms with Crippen LogP contribution in [0.1, 0.15) is 33.1 Å². The van der Waals surface area contributed by atoms with Crippen LogP contribution in [0, 0.1) is 0 Å². The zero-order valence-electron chi connectivity index (χ0n) is 15.0. The van der Waals surface area contributed by atoms with Crippen molar-refractivity contribution in [3.05, 3.63) is 24.3 Å². The van der Waals surface area contributed by atoms with Gasteiger partial charge in [0, 0.05) is 25.6 Å². The number of nitrogens with one attached hydrogen (secondary N) is 1. The van der Waals surface area contributed by atoms with E-state index in [1.165, 1.54) is 6.42 Å². The molecule has 1 saturated heterocycles. The van der Waals surface area contributed by atoms with E-state index in [2.05, 4.69) is 17.1 Å². The monoisotopic (exact) mass is 345 g/mol. The molecule has 0 aromatic heterocycles. The highest BCUT2D eigenvalue weighted by molar-refractivity contribution is 6.00. The second kappa shape index (κ2) is 7.87. The smallest absolute Gasteiger partial charge is 0.267 e. The van der Waals surface area contributed by atoms with E-state index >= 15 is 0 Å². The molecular weight excluding hydrogens is 318 g/mol. The van der Waals surface area contributed by atoms with Crippen molar-refractivity contribution in [3.8, 4) is 5.75 Å². The highest BCUT2D eigenvalue weighted by atomic mass is 16.5. The number of anilines is 1. The quantitative estimate of drug-likeness (QED) is 0.854. The van der Waals surface area contributed by atoms with E-state index in [-0.39, 0.29) is 11.8 Å². The first-order chi connectivity index (χ1) is 12.1. The van der Waals surface area contributed by atoms with Gasteiger partial charge in [0.05, 0.1) is 5.69 Å². The number of likely N-dealkylation sites (N-methyl/N-ethyl adjacent to an activating group) is 1. The minimum absolute atomic E-state index is 0.00706. The van der Waals surface area contributed by atoms with E-state index in [4.69, 9.17) is 4.74 Å². The first-order valence-electron chi connectivity index (χ1n) is 9.18. The molecule has 0 unspecified atom stereocenters. The Balaban J connectivity index is 1.54. The van der Waals surface area contributed by atoms with Crippen LogP contribution in [0.3, 0.4) is 0 Å². The second-order valence-electron chi connectivity index (χ2n) is 6.70. The van der Waals surface area contributed by atoms with E-state index in [9.17, 15) is 9.59 Å². The lowest BCUT2D eigenvalue weighted by Gasteiger charge is -2.32. The number of carbonyl (C=O) groups excluding carboxylic acids is 2. The molecule has 0 aliphatic carbocycles. The van der Waals surface area contributed by atoms with Crippen molar-refractivity contribution in [3.63, 3.8) is 0 Å². The van der Waals surface area contributed by atoms with Crippen molar-refractivity contribution >= 4 is 17.5 Å². The Hall–Kier alpha value is -2.08. The Morgan fingerprint density at radius 2 is 2.16 bits per heavy atom. The average molecular weight is 345 g/mol. The van der Waals surface area contributed by atoms with Crippen molar-refractivity contribution in [1.29, 1.82) is 0 Å². The Morgan fingerprint density at radius 3 is 2.96 bits per heavy atom. The van der Waals surface area contributed by atoms with Gasteiger partial charge >= 0.3 is 0 Å². The Bertz CT molecular complexity index is 634. The summed E-state index contributed by atoms with van der Waals surface area (Å²) in [6.45, 7) is 7.10. The summed E-state index contributed by atoms with van der Waals surface area (Å²) in [6, 6.07) is 7.91. The topological polar surface area (TPSA) is 61.9 Å². The van der Waals surface area contributed by atoms with Gasteiger partial charge in [-0.05, 0) is 45.0 Å². The van der Waals surface area contributed by atoms with Gasteiger partial charge in [-0.3, -0.25) is 14.5 Å². The van der Waals surface area contributed by atoms with E-state index in [0.717, 1.165) is 25.2 Å². The van der Waals surface area contributed by atoms with E-state index in [1.54, 1.807) is 11.8 Å². The van der Waals surface area contributed by atoms with E-state index < -0.39 is 6.10 Å². The summed E-state index contributed by atoms with van der Waals surface area (Å²) < 4.78 is 5.62. The number of para-hydroxylation sites is 2. The lowest BCUT2D eigenvalue weighted by atomic mass is 10.1. The van der Waals surface area contributed by atoms with Gasteiger partial charge in [-0.1, -0.05) is 19.1 Å². The van der Waals surface area contributed by atoms with Crippen molar-refractivity contribution in [2.75, 3.05) is 31.1 Å². The molecule has 3 rings (SSSR count). The standard InChI is InChI=1S/C19H27N3O3/c1-3-21-11-6-7-15(21)13-20-18(23)10-12-22-16-8-4-5-9-17(16)25-14(2)19(22)24/h4-5,8-9,14-15H,3,6-7,10-13H2,1-2H3,(H,20,23)/t14-,15+/m1/s1. The van der Waals surface area contributed by atoms with Crippen LogP contribution in [0.15, 0.2) is 24.3 Å². The summed E-state index contributed by atoms with van der Waals surface area (Å²) in [5, 5.41) is 3.03. The number of fused-ring (bicyclic) bond motifs is 1. The SMILES string of the molecule is CCN1CCC[C@H]1CNC(=O)CCN1C(=O)[C@@H](C)Oc2ccccc21. The molecule has 2 amide bonds. The van der Waals surface area contributed by atoms with Gasteiger partial charge < -0.3 is 15.0 Å². The molecule has 0 spiro atoms. The number of benzene rings is 1. The maximum Gasteiger partial charge on any atom is 0.267 e. The summed E-state index contributed by atoms with van der Waals surface area (Å²) in [5.74, 6) is 0.589. The molecule has 0 radical (unpaired) electrons. The fraction of sp³-hybridized carbons (Fsp3) is 0.579. The highest BCUT2D eigenvalue weighted by Gasteiger charge is 2.31. The number of rotatable bonds is 6. The molecule has 2 aliphatic heterocycles. The Morgan fingerprint density at radius 1 is 1.36 bits per heavy atom. The molecule has 1 fully saturated rings. The normalized spacial score (nSPS) is 23.3. The van der Waals surface area contributed by atoms with Crippen molar-refractivity contribution in [2.45, 2.75) is 45.3 Å². The van der Waals surface area contributed by atoms with Crippen LogP contribution in [0.5, 0.6) is 5.75 Å². The minimum Gasteiger partial charge on any atom is -0.479 e. The number of hydrogen-bond donors (Lipinski definition) is 1. The first-order valence-corrected chi connectivity index (χ1v) is 9.18. The molecule has 2 heterocycles. The predicted octanol–water partition coefficient (Wildman–Crippen LogP) is 1.79. The van der Waals surface area contributed by atoms with Gasteiger partial charge in [-0.2, -0.15) is 0 Å². The minimum atomic E-state index is -0.519. The number of ether oxygens (including phenoxy) is 1. The zero-order valence-corrected chi connectivity index (χ0v) is 15.0. The molecule has 2 atom stereocenters. The van der Waals surface area contributed by atoms with Crippen LogP contribution in [0.4, 0.5) is 5.69 Å². The number of likely N-dealkylation sites (tertiary alicyclic amines) is 1. The first kappa shape index (κ1) is 17.7. The summed E-state index contributed by atoms with van der Waals surface area (Å²) in [5.41, 5.74) is 0.742. The van der Waals surface area contributed by atoms with Crippen LogP contribution in [-0.4, -0.2) is 55.0 Å². The van der Waals surface area contributed by atoms with Crippen LogP contribution in [-0.2, 0) is 9.59 Å². The lowest BCUT2D eigenvalue weighted by Crippen LogP contribution is -2.46. The molecular formula is C19H27N3O3. The van der Waals surface area contributed by atoms with E-state index in [0.29, 0.717) is 31.3 Å². The molecule has 1 aromatic carbocycles. The average Bonchev–Trinajstić information content (AvgIpc) is 3.08. The van der Waals surface area contributed by atoms with Gasteiger partial charge in [0.2, 0.25) is 5.91 Å². The van der Waals surface area contributed by atoms with Gasteiger partial charge in [-0.15, -0.1) is 0 Å². The van der Waals surface area contributed by atoms with Crippen LogP contribution >= 0.6 is 0 Å². The van der Waals surface area contributed by atoms with Crippen LogP contribution in [0.25, 0.3) is 0 Å². The molecule has 2 aliphatic rings. The van der Waals surface area contributed by atoms with Crippen molar-refractivity contribution in [2.24, 2.45) is 0 Å². The summed E-state index contributed by atoms with van der Waals surface area (Å²) >= 11 is 0. The maximum absolute atomic E-state index is 12.4. The molecule has 0 bridgehead atoms. The third-order valence-corrected chi connectivity index (χ3v) is 5.08. The molecule has 1 N–H and O–H groups in total. The van der Waals surface area contributed by atoms with Gasteiger partial charge in [0.15, 0.2) is 6.10 Å². The molecule has 136 valence electrons. The number of nitrogens with zero attached hydrogens (tertiary/aromatic N) is 2. The van der Waals surface area contributed by atoms with Gasteiger partial charge in [0.25, 0.3) is 5.91 Å². The summed E-state index contributed by atoms with van der Waals surface area (Å²) in [6.07, 6.45) is 2.12. The van der Waals surface area contributed by atoms with Crippen molar-refractivity contribution < 1.29 is 14.3 Å². The molecule has 6 heteroatoms. The third-order valence-electron chi connectivity index (χ3n) is 5.08. The van der Waals surface area contributed by atoms with Crippen molar-refractivity contribution in [1.82, 2.24) is 10.2 Å². The van der Waals surface area contributed by atoms with E-state index in [1.807, 2.05) is 24.3 Å². The zero-order chi connectivity index (χ0) is 17.8. The lowest BCUT2D eigenvalue weighted by molar-refractivity contribution is -0.125. The number of amides is 2. The highest BCUT2D eigenvalue weighted by Crippen LogP contribution is 2.33. The number of carbonyl (C=O) groups is 2. The van der Waals surface area contributed by atoms with Crippen LogP contribution < -0.4 is 15.0 Å². The van der Waals surface area contributed by atoms with Crippen LogP contribution in [0.2, 0.25) is 0 Å². The summed E-state index contributed by atoms with van der Waals surface area (Å²) in [4.78, 5) is 28.7.